The lowest BCUT2D eigenvalue weighted by molar-refractivity contribution is -0.139. The van der Waals surface area contributed by atoms with E-state index in [2.05, 4.69) is 0 Å². The minimum Gasteiger partial charge on any atom is -0.507 e. The normalized spacial score (nSPS) is 18.5. The molecule has 0 saturated carbocycles. The average Bonchev–Trinajstić information content (AvgIpc) is 2.98. The molecule has 1 aliphatic rings. The molecule has 1 aliphatic heterocycles. The molecule has 1 heterocycles. The van der Waals surface area contributed by atoms with Crippen LogP contribution in [0.15, 0.2) is 60.2 Å². The first-order chi connectivity index (χ1) is 14.0. The molecule has 0 spiro atoms. The number of carbonyl (C=O) groups excluding carboxylic acids is 2. The van der Waals surface area contributed by atoms with Gasteiger partial charge in [-0.2, -0.15) is 0 Å². The number of methoxy groups -OCH3 is 1. The second-order valence-electron chi connectivity index (χ2n) is 7.26. The van der Waals surface area contributed by atoms with Crippen LogP contribution >= 0.6 is 0 Å². The fourth-order valence-corrected chi connectivity index (χ4v) is 3.64. The number of aliphatic hydroxyl groups excluding tert-OH is 1. The highest BCUT2D eigenvalue weighted by molar-refractivity contribution is 6.46. The van der Waals surface area contributed by atoms with Crippen LogP contribution in [-0.2, 0) is 9.59 Å². The topological polar surface area (TPSA) is 70.1 Å². The van der Waals surface area contributed by atoms with Crippen molar-refractivity contribution in [2.24, 2.45) is 0 Å². The first-order valence-corrected chi connectivity index (χ1v) is 9.57. The molecule has 0 radical (unpaired) electrons. The largest absolute Gasteiger partial charge is 0.507 e. The van der Waals surface area contributed by atoms with E-state index in [9.17, 15) is 14.7 Å². The summed E-state index contributed by atoms with van der Waals surface area (Å²) in [7, 11) is 5.43. The maximum absolute atomic E-state index is 13.0. The van der Waals surface area contributed by atoms with Crippen molar-refractivity contribution < 1.29 is 19.4 Å². The van der Waals surface area contributed by atoms with Crippen molar-refractivity contribution in [2.75, 3.05) is 34.3 Å². The predicted octanol–water partition coefficient (Wildman–Crippen LogP) is 3.07. The number of para-hydroxylation sites is 1. The molecule has 3 rings (SSSR count). The van der Waals surface area contributed by atoms with Crippen molar-refractivity contribution in [1.82, 2.24) is 9.80 Å². The summed E-state index contributed by atoms with van der Waals surface area (Å²) >= 11 is 0. The summed E-state index contributed by atoms with van der Waals surface area (Å²) in [5.74, 6) is -1.04. The van der Waals surface area contributed by atoms with E-state index in [4.69, 9.17) is 4.74 Å². The number of Topliss-reactive ketones (excluding diaryl/α,β-unsaturated/α-hetero) is 1. The summed E-state index contributed by atoms with van der Waals surface area (Å²) in [6, 6.07) is 15.6. The van der Waals surface area contributed by atoms with Gasteiger partial charge in [0.05, 0.1) is 24.3 Å². The molecule has 1 atom stereocenters. The summed E-state index contributed by atoms with van der Waals surface area (Å²) < 4.78 is 5.34. The fraction of sp³-hybridized carbons (Fsp3) is 0.304. The molecule has 1 saturated heterocycles. The molecule has 2 aromatic carbocycles. The van der Waals surface area contributed by atoms with Crippen LogP contribution in [0.5, 0.6) is 5.75 Å². The summed E-state index contributed by atoms with van der Waals surface area (Å²) in [4.78, 5) is 29.4. The highest BCUT2D eigenvalue weighted by Gasteiger charge is 2.45. The van der Waals surface area contributed by atoms with Crippen molar-refractivity contribution in [3.05, 3.63) is 71.3 Å². The third-order valence-electron chi connectivity index (χ3n) is 5.02. The number of likely N-dealkylation sites (tertiary alicyclic amines) is 1. The zero-order valence-corrected chi connectivity index (χ0v) is 17.0. The number of amides is 1. The molecule has 1 amide bonds. The van der Waals surface area contributed by atoms with Crippen LogP contribution in [0.4, 0.5) is 0 Å². The van der Waals surface area contributed by atoms with Gasteiger partial charge in [-0.15, -0.1) is 0 Å². The van der Waals surface area contributed by atoms with Crippen molar-refractivity contribution in [1.29, 1.82) is 0 Å². The lowest BCUT2D eigenvalue weighted by atomic mass is 9.95. The quantitative estimate of drug-likeness (QED) is 0.444. The summed E-state index contributed by atoms with van der Waals surface area (Å²) in [5.41, 5.74) is 1.27. The van der Waals surface area contributed by atoms with Crippen LogP contribution in [0, 0.1) is 0 Å². The van der Waals surface area contributed by atoms with Gasteiger partial charge in [0.2, 0.25) is 0 Å². The number of benzene rings is 2. The lowest BCUT2D eigenvalue weighted by Crippen LogP contribution is -2.32. The Balaban J connectivity index is 2.11. The Morgan fingerprint density at radius 3 is 2.38 bits per heavy atom. The molecule has 152 valence electrons. The molecule has 1 unspecified atom stereocenters. The molecule has 0 aromatic heterocycles. The Kier molecular flexibility index (Phi) is 6.34. The first-order valence-electron chi connectivity index (χ1n) is 9.57. The molecule has 6 heteroatoms. The molecule has 29 heavy (non-hydrogen) atoms. The number of ketones is 1. The van der Waals surface area contributed by atoms with Gasteiger partial charge in [0, 0.05) is 6.54 Å². The minimum atomic E-state index is -0.674. The first kappa shape index (κ1) is 20.6. The van der Waals surface area contributed by atoms with Crippen LogP contribution in [0.3, 0.4) is 0 Å². The van der Waals surface area contributed by atoms with Gasteiger partial charge in [-0.3, -0.25) is 9.59 Å². The average molecular weight is 394 g/mol. The fourth-order valence-electron chi connectivity index (χ4n) is 3.64. The number of carbonyl (C=O) groups is 2. The maximum Gasteiger partial charge on any atom is 0.295 e. The monoisotopic (exact) mass is 394 g/mol. The van der Waals surface area contributed by atoms with E-state index in [1.807, 2.05) is 49.3 Å². The van der Waals surface area contributed by atoms with E-state index in [-0.39, 0.29) is 11.3 Å². The molecule has 0 aliphatic carbocycles. The number of hydrogen-bond donors (Lipinski definition) is 1. The molecule has 0 bridgehead atoms. The zero-order chi connectivity index (χ0) is 21.0. The number of ether oxygens (including phenoxy) is 1. The van der Waals surface area contributed by atoms with Crippen molar-refractivity contribution >= 4 is 17.4 Å². The Labute approximate surface area is 171 Å². The number of nitrogens with zero attached hydrogens (tertiary/aromatic N) is 2. The Bertz CT molecular complexity index is 921. The maximum atomic E-state index is 13.0. The number of hydrogen-bond acceptors (Lipinski definition) is 5. The van der Waals surface area contributed by atoms with Gasteiger partial charge in [0.1, 0.15) is 11.5 Å². The SMILES string of the molecule is COc1ccccc1/C(O)=C1/C(=O)C(=O)N(CCCN(C)C)C1c1ccccc1. The van der Waals surface area contributed by atoms with Gasteiger partial charge < -0.3 is 19.6 Å². The van der Waals surface area contributed by atoms with Crippen molar-refractivity contribution in [3.63, 3.8) is 0 Å². The summed E-state index contributed by atoms with van der Waals surface area (Å²) in [6.07, 6.45) is 0.720. The molecule has 1 fully saturated rings. The minimum absolute atomic E-state index is 0.0931. The standard InChI is InChI=1S/C23H26N2O4/c1-24(2)14-9-15-25-20(16-10-5-4-6-11-16)19(22(27)23(25)28)21(26)17-12-7-8-13-18(17)29-3/h4-8,10-13,20,26H,9,14-15H2,1-3H3/b21-19-. The number of rotatable bonds is 7. The van der Waals surface area contributed by atoms with Crippen LogP contribution in [0.1, 0.15) is 23.6 Å². The Morgan fingerprint density at radius 1 is 1.07 bits per heavy atom. The molecular formula is C23H26N2O4. The third kappa shape index (κ3) is 4.17. The second-order valence-corrected chi connectivity index (χ2v) is 7.26. The third-order valence-corrected chi connectivity index (χ3v) is 5.02. The second kappa shape index (κ2) is 8.92. The van der Waals surface area contributed by atoms with Crippen LogP contribution < -0.4 is 4.74 Å². The molecule has 2 aromatic rings. The van der Waals surface area contributed by atoms with Gasteiger partial charge in [0.15, 0.2) is 0 Å². The Hall–Kier alpha value is -3.12. The van der Waals surface area contributed by atoms with Gasteiger partial charge in [0.25, 0.3) is 11.7 Å². The Morgan fingerprint density at radius 2 is 1.72 bits per heavy atom. The van der Waals surface area contributed by atoms with Crippen LogP contribution in [0.25, 0.3) is 5.76 Å². The van der Waals surface area contributed by atoms with E-state index >= 15 is 0 Å². The molecular weight excluding hydrogens is 368 g/mol. The highest BCUT2D eigenvalue weighted by Crippen LogP contribution is 2.40. The van der Waals surface area contributed by atoms with E-state index in [0.29, 0.717) is 17.9 Å². The van der Waals surface area contributed by atoms with E-state index < -0.39 is 17.7 Å². The van der Waals surface area contributed by atoms with E-state index in [1.165, 1.54) is 7.11 Å². The van der Waals surface area contributed by atoms with Crippen LogP contribution in [-0.4, -0.2) is 60.9 Å². The predicted molar refractivity (Wildman–Crippen MR) is 112 cm³/mol. The summed E-state index contributed by atoms with van der Waals surface area (Å²) in [6.45, 7) is 1.21. The van der Waals surface area contributed by atoms with E-state index in [1.54, 1.807) is 29.2 Å². The van der Waals surface area contributed by atoms with Gasteiger partial charge in [-0.1, -0.05) is 42.5 Å². The van der Waals surface area contributed by atoms with E-state index in [0.717, 1.165) is 18.5 Å². The smallest absolute Gasteiger partial charge is 0.295 e. The summed E-state index contributed by atoms with van der Waals surface area (Å²) in [5, 5.41) is 11.1. The van der Waals surface area contributed by atoms with Crippen molar-refractivity contribution in [2.45, 2.75) is 12.5 Å². The molecule has 6 nitrogen and oxygen atoms in total. The van der Waals surface area contributed by atoms with Crippen molar-refractivity contribution in [3.8, 4) is 5.75 Å². The highest BCUT2D eigenvalue weighted by atomic mass is 16.5. The van der Waals surface area contributed by atoms with Crippen LogP contribution in [0.2, 0.25) is 0 Å². The zero-order valence-electron chi connectivity index (χ0n) is 17.0. The van der Waals surface area contributed by atoms with Gasteiger partial charge in [-0.05, 0) is 44.8 Å². The van der Waals surface area contributed by atoms with Gasteiger partial charge >= 0.3 is 0 Å². The number of aliphatic hydroxyl groups is 1. The lowest BCUT2D eigenvalue weighted by Gasteiger charge is -2.26. The van der Waals surface area contributed by atoms with Gasteiger partial charge in [-0.25, -0.2) is 0 Å². The molecule has 1 N–H and O–H groups in total.